The summed E-state index contributed by atoms with van der Waals surface area (Å²) in [6.07, 6.45) is 6.07. The highest BCUT2D eigenvalue weighted by Crippen LogP contribution is 2.21. The van der Waals surface area contributed by atoms with Crippen molar-refractivity contribution in [2.45, 2.75) is 24.5 Å². The molecule has 1 fully saturated rings. The third-order valence-electron chi connectivity index (χ3n) is 3.56. The fourth-order valence-corrected chi connectivity index (χ4v) is 3.02. The van der Waals surface area contributed by atoms with Crippen molar-refractivity contribution in [1.29, 1.82) is 0 Å². The lowest BCUT2D eigenvalue weighted by molar-refractivity contribution is 0.235. The van der Waals surface area contributed by atoms with Crippen molar-refractivity contribution in [3.05, 3.63) is 29.8 Å². The normalized spacial score (nSPS) is 18.4. The Morgan fingerprint density at radius 1 is 1.24 bits per heavy atom. The third-order valence-corrected chi connectivity index (χ3v) is 4.70. The van der Waals surface area contributed by atoms with E-state index in [1.807, 2.05) is 23.9 Å². The second-order valence-electron chi connectivity index (χ2n) is 4.77. The molecule has 1 aliphatic rings. The minimum absolute atomic E-state index is 0.856. The average Bonchev–Trinajstić information content (AvgIpc) is 2.39. The lowest BCUT2D eigenvalue weighted by atomic mass is 10.1. The SMILES string of the molecule is CSC1CCN(CCc2ccc(N)cc2)CC1. The van der Waals surface area contributed by atoms with Gasteiger partial charge >= 0.3 is 0 Å². The van der Waals surface area contributed by atoms with E-state index in [1.165, 1.54) is 38.0 Å². The molecule has 1 heterocycles. The first-order chi connectivity index (χ1) is 8.28. The molecule has 3 heteroatoms. The molecule has 0 saturated carbocycles. The van der Waals surface area contributed by atoms with E-state index in [0.717, 1.165) is 17.4 Å². The average molecular weight is 250 g/mol. The quantitative estimate of drug-likeness (QED) is 0.833. The topological polar surface area (TPSA) is 29.3 Å². The van der Waals surface area contributed by atoms with Gasteiger partial charge in [0, 0.05) is 17.5 Å². The first-order valence-corrected chi connectivity index (χ1v) is 7.66. The maximum absolute atomic E-state index is 5.68. The van der Waals surface area contributed by atoms with E-state index in [0.29, 0.717) is 0 Å². The van der Waals surface area contributed by atoms with Crippen LogP contribution >= 0.6 is 11.8 Å². The Morgan fingerprint density at radius 3 is 2.47 bits per heavy atom. The van der Waals surface area contributed by atoms with Crippen LogP contribution in [0.4, 0.5) is 5.69 Å². The zero-order chi connectivity index (χ0) is 12.1. The van der Waals surface area contributed by atoms with E-state index in [4.69, 9.17) is 5.73 Å². The van der Waals surface area contributed by atoms with Crippen LogP contribution in [0.5, 0.6) is 0 Å². The molecular formula is C14H22N2S. The maximum atomic E-state index is 5.68. The monoisotopic (exact) mass is 250 g/mol. The number of hydrogen-bond acceptors (Lipinski definition) is 3. The van der Waals surface area contributed by atoms with Gasteiger partial charge in [-0.25, -0.2) is 0 Å². The Morgan fingerprint density at radius 2 is 1.88 bits per heavy atom. The molecule has 0 aliphatic carbocycles. The molecule has 0 aromatic heterocycles. The zero-order valence-electron chi connectivity index (χ0n) is 10.6. The summed E-state index contributed by atoms with van der Waals surface area (Å²) in [5.41, 5.74) is 7.93. The molecule has 0 bridgehead atoms. The van der Waals surface area contributed by atoms with E-state index < -0.39 is 0 Å². The zero-order valence-corrected chi connectivity index (χ0v) is 11.4. The largest absolute Gasteiger partial charge is 0.399 e. The number of nitrogens with zero attached hydrogens (tertiary/aromatic N) is 1. The molecule has 0 unspecified atom stereocenters. The first kappa shape index (κ1) is 12.8. The van der Waals surface area contributed by atoms with E-state index in [2.05, 4.69) is 23.3 Å². The van der Waals surface area contributed by atoms with Gasteiger partial charge < -0.3 is 10.6 Å². The van der Waals surface area contributed by atoms with Gasteiger partial charge in [-0.2, -0.15) is 11.8 Å². The summed E-state index contributed by atoms with van der Waals surface area (Å²) in [4.78, 5) is 2.59. The van der Waals surface area contributed by atoms with E-state index in [-0.39, 0.29) is 0 Å². The van der Waals surface area contributed by atoms with Gasteiger partial charge in [-0.3, -0.25) is 0 Å². The fraction of sp³-hybridized carbons (Fsp3) is 0.571. The molecule has 2 N–H and O–H groups in total. The van der Waals surface area contributed by atoms with Gasteiger partial charge in [0.05, 0.1) is 0 Å². The van der Waals surface area contributed by atoms with E-state index in [9.17, 15) is 0 Å². The van der Waals surface area contributed by atoms with Gasteiger partial charge in [0.2, 0.25) is 0 Å². The van der Waals surface area contributed by atoms with Crippen molar-refractivity contribution in [1.82, 2.24) is 4.90 Å². The molecule has 1 aliphatic heterocycles. The Balaban J connectivity index is 1.74. The second kappa shape index (κ2) is 6.31. The van der Waals surface area contributed by atoms with Crippen LogP contribution < -0.4 is 5.73 Å². The molecule has 0 atom stereocenters. The van der Waals surface area contributed by atoms with Crippen molar-refractivity contribution >= 4 is 17.4 Å². The number of nitrogens with two attached hydrogens (primary N) is 1. The van der Waals surface area contributed by atoms with Crippen LogP contribution in [0.25, 0.3) is 0 Å². The van der Waals surface area contributed by atoms with Crippen molar-refractivity contribution in [3.63, 3.8) is 0 Å². The van der Waals surface area contributed by atoms with Gasteiger partial charge in [-0.1, -0.05) is 12.1 Å². The Hall–Kier alpha value is -0.670. The molecule has 0 spiro atoms. The van der Waals surface area contributed by atoms with Crippen molar-refractivity contribution in [2.24, 2.45) is 0 Å². The molecule has 0 radical (unpaired) electrons. The van der Waals surface area contributed by atoms with Crippen LogP contribution in [0.15, 0.2) is 24.3 Å². The second-order valence-corrected chi connectivity index (χ2v) is 5.91. The number of piperidine rings is 1. The molecule has 1 aromatic carbocycles. The Bertz CT molecular complexity index is 329. The molecule has 0 amide bonds. The summed E-state index contributed by atoms with van der Waals surface area (Å²) in [7, 11) is 0. The van der Waals surface area contributed by atoms with Crippen LogP contribution in [-0.2, 0) is 6.42 Å². The Labute approximate surface area is 109 Å². The summed E-state index contributed by atoms with van der Waals surface area (Å²) in [6, 6.07) is 8.28. The number of rotatable bonds is 4. The van der Waals surface area contributed by atoms with Crippen LogP contribution in [0.2, 0.25) is 0 Å². The molecular weight excluding hydrogens is 228 g/mol. The standard InChI is InChI=1S/C14H22N2S/c1-17-14-7-10-16(11-8-14)9-6-12-2-4-13(15)5-3-12/h2-5,14H,6-11,15H2,1H3. The lowest BCUT2D eigenvalue weighted by Gasteiger charge is -2.31. The van der Waals surface area contributed by atoms with Gasteiger partial charge in [0.25, 0.3) is 0 Å². The molecule has 1 saturated heterocycles. The van der Waals surface area contributed by atoms with Crippen LogP contribution in [0.1, 0.15) is 18.4 Å². The highest BCUT2D eigenvalue weighted by molar-refractivity contribution is 7.99. The number of nitrogen functional groups attached to an aromatic ring is 1. The van der Waals surface area contributed by atoms with Gasteiger partial charge in [-0.05, 0) is 56.3 Å². The van der Waals surface area contributed by atoms with E-state index >= 15 is 0 Å². The minimum Gasteiger partial charge on any atom is -0.399 e. The summed E-state index contributed by atoms with van der Waals surface area (Å²) in [6.45, 7) is 3.71. The molecule has 1 aromatic rings. The van der Waals surface area contributed by atoms with Crippen molar-refractivity contribution < 1.29 is 0 Å². The van der Waals surface area contributed by atoms with Gasteiger partial charge in [-0.15, -0.1) is 0 Å². The van der Waals surface area contributed by atoms with Crippen LogP contribution in [-0.4, -0.2) is 36.0 Å². The minimum atomic E-state index is 0.856. The molecule has 2 rings (SSSR count). The predicted octanol–water partition coefficient (Wildman–Crippen LogP) is 2.64. The summed E-state index contributed by atoms with van der Waals surface area (Å²) >= 11 is 2.02. The van der Waals surface area contributed by atoms with Gasteiger partial charge in [0.15, 0.2) is 0 Å². The number of hydrogen-bond donors (Lipinski definition) is 1. The highest BCUT2D eigenvalue weighted by atomic mass is 32.2. The van der Waals surface area contributed by atoms with Gasteiger partial charge in [0.1, 0.15) is 0 Å². The van der Waals surface area contributed by atoms with Crippen LogP contribution in [0, 0.1) is 0 Å². The highest BCUT2D eigenvalue weighted by Gasteiger charge is 2.17. The number of benzene rings is 1. The lowest BCUT2D eigenvalue weighted by Crippen LogP contribution is -2.36. The first-order valence-electron chi connectivity index (χ1n) is 6.37. The van der Waals surface area contributed by atoms with E-state index in [1.54, 1.807) is 0 Å². The number of likely N-dealkylation sites (tertiary alicyclic amines) is 1. The summed E-state index contributed by atoms with van der Waals surface area (Å²) < 4.78 is 0. The van der Waals surface area contributed by atoms with Crippen LogP contribution in [0.3, 0.4) is 0 Å². The Kier molecular flexibility index (Phi) is 4.75. The number of anilines is 1. The molecule has 17 heavy (non-hydrogen) atoms. The fourth-order valence-electron chi connectivity index (χ4n) is 2.34. The molecule has 2 nitrogen and oxygen atoms in total. The molecule has 94 valence electrons. The van der Waals surface area contributed by atoms with Crippen molar-refractivity contribution in [2.75, 3.05) is 31.6 Å². The smallest absolute Gasteiger partial charge is 0.0314 e. The summed E-state index contributed by atoms with van der Waals surface area (Å²) in [5.74, 6) is 0. The number of thioether (sulfide) groups is 1. The maximum Gasteiger partial charge on any atom is 0.0314 e. The predicted molar refractivity (Wildman–Crippen MR) is 77.5 cm³/mol. The summed E-state index contributed by atoms with van der Waals surface area (Å²) in [5, 5.41) is 0.891. The van der Waals surface area contributed by atoms with Crippen molar-refractivity contribution in [3.8, 4) is 0 Å². The third kappa shape index (κ3) is 3.93.